The van der Waals surface area contributed by atoms with Crippen molar-refractivity contribution in [3.8, 4) is 6.07 Å². The summed E-state index contributed by atoms with van der Waals surface area (Å²) in [5.74, 6) is 0.929. The first kappa shape index (κ1) is 14.9. The molecule has 1 aromatic heterocycles. The molecule has 0 atom stereocenters. The summed E-state index contributed by atoms with van der Waals surface area (Å²) in [6, 6.07) is 10.6. The summed E-state index contributed by atoms with van der Waals surface area (Å²) in [5.41, 5.74) is 2.19. The van der Waals surface area contributed by atoms with Crippen LogP contribution in [0, 0.1) is 18.3 Å². The van der Waals surface area contributed by atoms with Gasteiger partial charge in [0.15, 0.2) is 0 Å². The third kappa shape index (κ3) is 4.26. The highest BCUT2D eigenvalue weighted by atomic mass is 32.2. The van der Waals surface area contributed by atoms with Crippen molar-refractivity contribution in [2.24, 2.45) is 0 Å². The smallest absolute Gasteiger partial charge is 0.229 e. The van der Waals surface area contributed by atoms with Crippen LogP contribution in [0.1, 0.15) is 17.1 Å². The first-order valence-electron chi connectivity index (χ1n) is 6.18. The molecule has 0 saturated carbocycles. The van der Waals surface area contributed by atoms with Crippen LogP contribution in [0.3, 0.4) is 0 Å². The highest BCUT2D eigenvalue weighted by Gasteiger charge is 2.06. The van der Waals surface area contributed by atoms with E-state index in [9.17, 15) is 8.42 Å². The van der Waals surface area contributed by atoms with E-state index in [1.807, 2.05) is 19.1 Å². The molecule has 0 aliphatic carbocycles. The number of benzene rings is 1. The number of sulfonamides is 1. The Kier molecular flexibility index (Phi) is 4.19. The number of aryl methyl sites for hydroxylation is 1. The van der Waals surface area contributed by atoms with Crippen LogP contribution >= 0.6 is 0 Å². The van der Waals surface area contributed by atoms with Gasteiger partial charge in [-0.2, -0.15) is 5.26 Å². The maximum Gasteiger partial charge on any atom is 0.229 e. The van der Waals surface area contributed by atoms with E-state index >= 15 is 0 Å². The lowest BCUT2D eigenvalue weighted by Crippen LogP contribution is -2.10. The molecule has 0 bridgehead atoms. The number of hydrogen-bond acceptors (Lipinski definition) is 5. The predicted octanol–water partition coefficient (Wildman–Crippen LogP) is 2.44. The molecule has 0 unspecified atom stereocenters. The van der Waals surface area contributed by atoms with Crippen LogP contribution in [-0.2, 0) is 16.6 Å². The number of anilines is 2. The molecule has 2 aromatic rings. The molecule has 1 heterocycles. The zero-order chi connectivity index (χ0) is 15.5. The van der Waals surface area contributed by atoms with Crippen molar-refractivity contribution in [3.63, 3.8) is 0 Å². The second kappa shape index (κ2) is 5.89. The fourth-order valence-electron chi connectivity index (χ4n) is 1.81. The monoisotopic (exact) mass is 305 g/mol. The molecule has 0 aliphatic rings. The summed E-state index contributed by atoms with van der Waals surface area (Å²) in [4.78, 5) is 0. The van der Waals surface area contributed by atoms with Gasteiger partial charge in [0.25, 0.3) is 0 Å². The average molecular weight is 305 g/mol. The van der Waals surface area contributed by atoms with Crippen molar-refractivity contribution in [1.82, 2.24) is 0 Å². The summed E-state index contributed by atoms with van der Waals surface area (Å²) in [7, 11) is -3.28. The van der Waals surface area contributed by atoms with Crippen LogP contribution in [0.2, 0.25) is 0 Å². The molecular formula is C14H15N3O3S. The molecule has 1 aromatic carbocycles. The van der Waals surface area contributed by atoms with E-state index in [0.29, 0.717) is 18.0 Å². The van der Waals surface area contributed by atoms with Crippen molar-refractivity contribution in [3.05, 3.63) is 47.4 Å². The molecule has 2 rings (SSSR count). The van der Waals surface area contributed by atoms with Crippen molar-refractivity contribution < 1.29 is 12.8 Å². The molecule has 7 heteroatoms. The molecular weight excluding hydrogens is 290 g/mol. The standard InChI is InChI=1S/C14H15N3O3S/c1-10-7-11(3-6-14(10)17-21(2,18)19)16-9-13-5-4-12(8-15)20-13/h3-7,16-17H,9H2,1-2H3. The summed E-state index contributed by atoms with van der Waals surface area (Å²) in [5, 5.41) is 11.8. The molecule has 0 amide bonds. The van der Waals surface area contributed by atoms with Gasteiger partial charge < -0.3 is 9.73 Å². The Bertz CT molecular complexity index is 788. The lowest BCUT2D eigenvalue weighted by atomic mass is 10.2. The third-order valence-electron chi connectivity index (χ3n) is 2.76. The summed E-state index contributed by atoms with van der Waals surface area (Å²) < 4.78 is 30.1. The molecule has 2 N–H and O–H groups in total. The first-order valence-corrected chi connectivity index (χ1v) is 8.07. The Hall–Kier alpha value is -2.46. The van der Waals surface area contributed by atoms with Crippen LogP contribution in [-0.4, -0.2) is 14.7 Å². The van der Waals surface area contributed by atoms with Gasteiger partial charge in [0.2, 0.25) is 15.8 Å². The molecule has 0 radical (unpaired) electrons. The van der Waals surface area contributed by atoms with Gasteiger partial charge in [0.05, 0.1) is 18.5 Å². The lowest BCUT2D eigenvalue weighted by molar-refractivity contribution is 0.506. The van der Waals surface area contributed by atoms with Crippen LogP contribution in [0.25, 0.3) is 0 Å². The van der Waals surface area contributed by atoms with Gasteiger partial charge in [0, 0.05) is 5.69 Å². The molecule has 0 spiro atoms. The van der Waals surface area contributed by atoms with E-state index in [-0.39, 0.29) is 5.76 Å². The minimum Gasteiger partial charge on any atom is -0.449 e. The number of nitrogens with one attached hydrogen (secondary N) is 2. The highest BCUT2D eigenvalue weighted by molar-refractivity contribution is 7.92. The van der Waals surface area contributed by atoms with Crippen LogP contribution < -0.4 is 10.0 Å². The number of hydrogen-bond donors (Lipinski definition) is 2. The van der Waals surface area contributed by atoms with Gasteiger partial charge in [-0.05, 0) is 42.8 Å². The minimum atomic E-state index is -3.28. The topological polar surface area (TPSA) is 95.1 Å². The Labute approximate surface area is 123 Å². The van der Waals surface area contributed by atoms with Crippen molar-refractivity contribution >= 4 is 21.4 Å². The van der Waals surface area contributed by atoms with Crippen molar-refractivity contribution in [1.29, 1.82) is 5.26 Å². The normalized spacial score (nSPS) is 10.9. The van der Waals surface area contributed by atoms with E-state index in [1.165, 1.54) is 0 Å². The largest absolute Gasteiger partial charge is 0.449 e. The van der Waals surface area contributed by atoms with E-state index in [4.69, 9.17) is 9.68 Å². The maximum atomic E-state index is 11.2. The number of furan rings is 1. The van der Waals surface area contributed by atoms with Gasteiger partial charge >= 0.3 is 0 Å². The van der Waals surface area contributed by atoms with Gasteiger partial charge in [-0.1, -0.05) is 0 Å². The number of nitriles is 1. The fraction of sp³-hybridized carbons (Fsp3) is 0.214. The van der Waals surface area contributed by atoms with Crippen LogP contribution in [0.4, 0.5) is 11.4 Å². The van der Waals surface area contributed by atoms with Gasteiger partial charge in [-0.3, -0.25) is 4.72 Å². The van der Waals surface area contributed by atoms with E-state index < -0.39 is 10.0 Å². The van der Waals surface area contributed by atoms with Gasteiger partial charge in [0.1, 0.15) is 11.8 Å². The Balaban J connectivity index is 2.05. The van der Waals surface area contributed by atoms with Crippen molar-refractivity contribution in [2.45, 2.75) is 13.5 Å². The van der Waals surface area contributed by atoms with Crippen molar-refractivity contribution in [2.75, 3.05) is 16.3 Å². The molecule has 6 nitrogen and oxygen atoms in total. The number of nitrogens with zero attached hydrogens (tertiary/aromatic N) is 1. The quantitative estimate of drug-likeness (QED) is 0.884. The van der Waals surface area contributed by atoms with E-state index in [0.717, 1.165) is 17.5 Å². The first-order chi connectivity index (χ1) is 9.87. The second-order valence-electron chi connectivity index (χ2n) is 4.64. The Morgan fingerprint density at radius 1 is 1.29 bits per heavy atom. The van der Waals surface area contributed by atoms with Gasteiger partial charge in [-0.15, -0.1) is 0 Å². The van der Waals surface area contributed by atoms with Gasteiger partial charge in [-0.25, -0.2) is 8.42 Å². The van der Waals surface area contributed by atoms with E-state index in [1.54, 1.807) is 24.3 Å². The number of rotatable bonds is 5. The van der Waals surface area contributed by atoms with Crippen LogP contribution in [0.5, 0.6) is 0 Å². The summed E-state index contributed by atoms with van der Waals surface area (Å²) in [6.07, 6.45) is 1.11. The molecule has 110 valence electrons. The summed E-state index contributed by atoms with van der Waals surface area (Å²) >= 11 is 0. The third-order valence-corrected chi connectivity index (χ3v) is 3.35. The Morgan fingerprint density at radius 3 is 2.62 bits per heavy atom. The molecule has 21 heavy (non-hydrogen) atoms. The predicted molar refractivity (Wildman–Crippen MR) is 80.4 cm³/mol. The zero-order valence-electron chi connectivity index (χ0n) is 11.7. The lowest BCUT2D eigenvalue weighted by Gasteiger charge is -2.10. The van der Waals surface area contributed by atoms with Crippen LogP contribution in [0.15, 0.2) is 34.7 Å². The average Bonchev–Trinajstić information content (AvgIpc) is 2.86. The summed E-state index contributed by atoms with van der Waals surface area (Å²) in [6.45, 7) is 2.26. The second-order valence-corrected chi connectivity index (χ2v) is 6.38. The fourth-order valence-corrected chi connectivity index (χ4v) is 2.44. The molecule has 0 fully saturated rings. The SMILES string of the molecule is Cc1cc(NCc2ccc(C#N)o2)ccc1NS(C)(=O)=O. The zero-order valence-corrected chi connectivity index (χ0v) is 12.5. The molecule has 0 saturated heterocycles. The highest BCUT2D eigenvalue weighted by Crippen LogP contribution is 2.21. The maximum absolute atomic E-state index is 11.2. The Morgan fingerprint density at radius 2 is 2.05 bits per heavy atom. The van der Waals surface area contributed by atoms with E-state index in [2.05, 4.69) is 10.0 Å². The molecule has 0 aliphatic heterocycles. The minimum absolute atomic E-state index is 0.274.